The van der Waals surface area contributed by atoms with Gasteiger partial charge in [0.1, 0.15) is 6.61 Å². The van der Waals surface area contributed by atoms with Crippen LogP contribution in [0.2, 0.25) is 0 Å². The lowest BCUT2D eigenvalue weighted by Crippen LogP contribution is -2.30. The Labute approximate surface area is 433 Å². The molecule has 0 rings (SSSR count). The number of hydrogen-bond donors (Lipinski definition) is 0. The Morgan fingerprint density at radius 2 is 0.600 bits per heavy atom. The van der Waals surface area contributed by atoms with E-state index in [0.29, 0.717) is 19.4 Å². The van der Waals surface area contributed by atoms with Crippen molar-refractivity contribution in [2.24, 2.45) is 0 Å². The predicted molar refractivity (Wildman–Crippen MR) is 306 cm³/mol. The van der Waals surface area contributed by atoms with Gasteiger partial charge in [0.2, 0.25) is 0 Å². The molecule has 5 heteroatoms. The van der Waals surface area contributed by atoms with Crippen molar-refractivity contribution >= 4 is 11.9 Å². The lowest BCUT2D eigenvalue weighted by atomic mass is 10.0. The van der Waals surface area contributed by atoms with Crippen molar-refractivity contribution in [3.05, 3.63) is 122 Å². The van der Waals surface area contributed by atoms with Gasteiger partial charge in [0, 0.05) is 19.4 Å². The number of rotatable bonds is 52. The number of hydrogen-bond acceptors (Lipinski definition) is 5. The highest BCUT2D eigenvalue weighted by atomic mass is 16.6. The van der Waals surface area contributed by atoms with Crippen LogP contribution in [0, 0.1) is 0 Å². The maximum absolute atomic E-state index is 12.8. The van der Waals surface area contributed by atoms with Crippen molar-refractivity contribution in [2.45, 2.75) is 258 Å². The molecule has 398 valence electrons. The molecule has 0 amide bonds. The van der Waals surface area contributed by atoms with Gasteiger partial charge in [-0.15, -0.1) is 0 Å². The molecule has 0 aromatic rings. The second-order valence-electron chi connectivity index (χ2n) is 18.8. The quantitative estimate of drug-likeness (QED) is 0.0345. The van der Waals surface area contributed by atoms with E-state index in [-0.39, 0.29) is 38.0 Å². The van der Waals surface area contributed by atoms with E-state index in [9.17, 15) is 9.59 Å². The lowest BCUT2D eigenvalue weighted by molar-refractivity contribution is -0.162. The van der Waals surface area contributed by atoms with Crippen LogP contribution >= 0.6 is 0 Å². The molecule has 0 saturated carbocycles. The smallest absolute Gasteiger partial charge is 0.306 e. The molecule has 0 spiro atoms. The van der Waals surface area contributed by atoms with Crippen LogP contribution in [0.4, 0.5) is 0 Å². The summed E-state index contributed by atoms with van der Waals surface area (Å²) >= 11 is 0. The first kappa shape index (κ1) is 66.3. The van der Waals surface area contributed by atoms with E-state index < -0.39 is 6.10 Å². The monoisotopic (exact) mass is 969 g/mol. The Morgan fingerprint density at radius 1 is 0.314 bits per heavy atom. The first-order valence-corrected chi connectivity index (χ1v) is 29.1. The topological polar surface area (TPSA) is 61.8 Å². The highest BCUT2D eigenvalue weighted by molar-refractivity contribution is 5.70. The van der Waals surface area contributed by atoms with Crippen molar-refractivity contribution in [1.82, 2.24) is 0 Å². The second-order valence-corrected chi connectivity index (χ2v) is 18.8. The van der Waals surface area contributed by atoms with Gasteiger partial charge in [-0.1, -0.05) is 264 Å². The molecular weight excluding hydrogens is 861 g/mol. The van der Waals surface area contributed by atoms with Gasteiger partial charge < -0.3 is 14.2 Å². The summed E-state index contributed by atoms with van der Waals surface area (Å²) in [6.45, 7) is 7.63. The number of ether oxygens (including phenoxy) is 3. The maximum atomic E-state index is 12.8. The largest absolute Gasteiger partial charge is 0.462 e. The molecule has 1 atom stereocenters. The summed E-state index contributed by atoms with van der Waals surface area (Å²) in [7, 11) is 0. The molecular formula is C65H108O5. The van der Waals surface area contributed by atoms with E-state index in [1.165, 1.54) is 141 Å². The fraction of sp³-hybridized carbons (Fsp3) is 0.662. The summed E-state index contributed by atoms with van der Waals surface area (Å²) in [6.07, 6.45) is 83.8. The van der Waals surface area contributed by atoms with Gasteiger partial charge in [-0.05, 0) is 96.3 Å². The molecule has 0 saturated heterocycles. The summed E-state index contributed by atoms with van der Waals surface area (Å²) in [6, 6.07) is 0. The molecule has 0 aromatic heterocycles. The molecule has 0 bridgehead atoms. The Bertz CT molecular complexity index is 1420. The Kier molecular flexibility index (Phi) is 56.5. The van der Waals surface area contributed by atoms with E-state index in [0.717, 1.165) is 64.2 Å². The highest BCUT2D eigenvalue weighted by Gasteiger charge is 2.17. The van der Waals surface area contributed by atoms with Crippen LogP contribution < -0.4 is 0 Å². The van der Waals surface area contributed by atoms with E-state index in [1.807, 2.05) is 12.2 Å². The molecule has 0 fully saturated rings. The zero-order valence-electron chi connectivity index (χ0n) is 45.7. The molecule has 0 aliphatic rings. The molecule has 0 aliphatic heterocycles. The van der Waals surface area contributed by atoms with Crippen LogP contribution in [0.15, 0.2) is 122 Å². The second kappa shape index (κ2) is 59.6. The Morgan fingerprint density at radius 3 is 0.957 bits per heavy atom. The van der Waals surface area contributed by atoms with E-state index >= 15 is 0 Å². The minimum Gasteiger partial charge on any atom is -0.462 e. The fourth-order valence-corrected chi connectivity index (χ4v) is 7.65. The summed E-state index contributed by atoms with van der Waals surface area (Å²) in [5.41, 5.74) is 0. The molecule has 0 aliphatic carbocycles. The SMILES string of the molecule is CCCCC/C=C\C/C=C\C/C=C\C/C=C\C/C=C\CCC(=O)OC[C@@H](COCCCCCCCCCCCCCCCCCC)OC(=O)CC/C=C\C/C=C\C/C=C\C/C=C\C/C=C\CCCCC. The molecule has 5 nitrogen and oxygen atoms in total. The number of carbonyl (C=O) groups is 2. The molecule has 0 unspecified atom stereocenters. The van der Waals surface area contributed by atoms with Gasteiger partial charge in [-0.3, -0.25) is 9.59 Å². The van der Waals surface area contributed by atoms with Crippen LogP contribution in [0.1, 0.15) is 252 Å². The number of unbranched alkanes of at least 4 members (excludes halogenated alkanes) is 21. The molecule has 0 N–H and O–H groups in total. The third-order valence-electron chi connectivity index (χ3n) is 12.0. The van der Waals surface area contributed by atoms with Crippen LogP contribution in [-0.4, -0.2) is 37.9 Å². The first-order chi connectivity index (χ1) is 34.6. The van der Waals surface area contributed by atoms with Crippen molar-refractivity contribution < 1.29 is 23.8 Å². The molecule has 0 radical (unpaired) electrons. The molecule has 70 heavy (non-hydrogen) atoms. The first-order valence-electron chi connectivity index (χ1n) is 29.1. The average molecular weight is 970 g/mol. The van der Waals surface area contributed by atoms with E-state index in [2.05, 4.69) is 130 Å². The minimum absolute atomic E-state index is 0.0113. The summed E-state index contributed by atoms with van der Waals surface area (Å²) in [5.74, 6) is -0.588. The zero-order valence-corrected chi connectivity index (χ0v) is 45.7. The minimum atomic E-state index is -0.613. The predicted octanol–water partition coefficient (Wildman–Crippen LogP) is 20.1. The molecule has 0 heterocycles. The fourth-order valence-electron chi connectivity index (χ4n) is 7.65. The van der Waals surface area contributed by atoms with Crippen LogP contribution in [0.3, 0.4) is 0 Å². The zero-order chi connectivity index (χ0) is 50.6. The average Bonchev–Trinajstić information content (AvgIpc) is 3.36. The van der Waals surface area contributed by atoms with Crippen LogP contribution in [0.25, 0.3) is 0 Å². The summed E-state index contributed by atoms with van der Waals surface area (Å²) in [5, 5.41) is 0. The third kappa shape index (κ3) is 56.9. The van der Waals surface area contributed by atoms with E-state index in [1.54, 1.807) is 0 Å². The van der Waals surface area contributed by atoms with Crippen LogP contribution in [0.5, 0.6) is 0 Å². The number of allylic oxidation sites excluding steroid dienone is 20. The lowest BCUT2D eigenvalue weighted by Gasteiger charge is -2.18. The number of esters is 2. The van der Waals surface area contributed by atoms with Gasteiger partial charge in [0.25, 0.3) is 0 Å². The van der Waals surface area contributed by atoms with Crippen LogP contribution in [-0.2, 0) is 23.8 Å². The highest BCUT2D eigenvalue weighted by Crippen LogP contribution is 2.14. The van der Waals surface area contributed by atoms with E-state index in [4.69, 9.17) is 14.2 Å². The van der Waals surface area contributed by atoms with Crippen molar-refractivity contribution in [1.29, 1.82) is 0 Å². The summed E-state index contributed by atoms with van der Waals surface area (Å²) in [4.78, 5) is 25.5. The van der Waals surface area contributed by atoms with Gasteiger partial charge >= 0.3 is 11.9 Å². The van der Waals surface area contributed by atoms with Gasteiger partial charge in [-0.25, -0.2) is 0 Å². The van der Waals surface area contributed by atoms with Crippen molar-refractivity contribution in [3.8, 4) is 0 Å². The third-order valence-corrected chi connectivity index (χ3v) is 12.0. The van der Waals surface area contributed by atoms with Crippen molar-refractivity contribution in [2.75, 3.05) is 19.8 Å². The van der Waals surface area contributed by atoms with Gasteiger partial charge in [0.05, 0.1) is 6.61 Å². The Hall–Kier alpha value is -3.70. The number of carbonyl (C=O) groups excluding carboxylic acids is 2. The maximum Gasteiger partial charge on any atom is 0.306 e. The normalized spacial score (nSPS) is 13.1. The standard InChI is InChI=1S/C65H108O5/c1-4-7-10-13-16-19-22-25-28-31-33-35-37-40-43-46-49-52-55-58-64(66)69-62-63(61-68-60-57-54-51-48-45-42-39-30-27-24-21-18-15-12-9-6-3)70-65(67)59-56-53-50-47-44-41-38-36-34-32-29-26-23-20-17-14-11-8-5-2/h16-17,19-20,25-26,28-29,33-36,40-41,43-44,49-50,52-53,63H,4-15,18,21-24,27,30-32,37-39,42,45-48,51,54-62H2,1-3H3/b19-16-,20-17-,28-25-,29-26-,35-33-,36-34-,43-40-,44-41-,52-49-,53-50-/t63-/m1/s1. The summed E-state index contributed by atoms with van der Waals surface area (Å²) < 4.78 is 17.3. The van der Waals surface area contributed by atoms with Crippen molar-refractivity contribution in [3.63, 3.8) is 0 Å². The molecule has 0 aromatic carbocycles. The Balaban J connectivity index is 4.51. The van der Waals surface area contributed by atoms with Gasteiger partial charge in [-0.2, -0.15) is 0 Å². The van der Waals surface area contributed by atoms with Gasteiger partial charge in [0.15, 0.2) is 6.10 Å².